The average Bonchev–Trinajstić information content (AvgIpc) is 2.29. The Kier molecular flexibility index (Phi) is 5.17. The van der Waals surface area contributed by atoms with E-state index in [0.717, 1.165) is 12.5 Å². The molecule has 7 nitrogen and oxygen atoms in total. The number of carboxylic acid groups (broad SMARTS) is 1. The van der Waals surface area contributed by atoms with Crippen LogP contribution < -0.4 is 0 Å². The molecule has 0 aliphatic heterocycles. The van der Waals surface area contributed by atoms with E-state index in [-0.39, 0.29) is 17.0 Å². The number of hydrogen-bond donors (Lipinski definition) is 1. The molecular weight excluding hydrogens is 260 g/mol. The first-order valence-electron chi connectivity index (χ1n) is 5.18. The summed E-state index contributed by atoms with van der Waals surface area (Å²) in [5.41, 5.74) is -0.178. The normalized spacial score (nSPS) is 11.4. The minimum atomic E-state index is -3.40. The molecule has 1 rings (SSSR count). The largest absolute Gasteiger partial charge is 0.478 e. The summed E-state index contributed by atoms with van der Waals surface area (Å²) < 4.78 is 28.2. The van der Waals surface area contributed by atoms with Gasteiger partial charge in [-0.3, -0.25) is 0 Å². The minimum Gasteiger partial charge on any atom is -0.478 e. The standard InChI is InChI=1S/C10H14N2O5S/c1-17-3-2-4-18(15,16)6-9-8(10(13)14)5-11-7-12-9/h5,7H,2-4,6H2,1H3,(H,13,14). The molecule has 8 heteroatoms. The molecule has 1 aromatic rings. The Morgan fingerprint density at radius 2 is 2.22 bits per heavy atom. The SMILES string of the molecule is COCCCS(=O)(=O)Cc1ncncc1C(=O)O. The summed E-state index contributed by atoms with van der Waals surface area (Å²) in [7, 11) is -1.91. The van der Waals surface area contributed by atoms with Crippen LogP contribution in [0.5, 0.6) is 0 Å². The number of ether oxygens (including phenoxy) is 1. The maximum Gasteiger partial charge on any atom is 0.339 e. The van der Waals surface area contributed by atoms with Crippen LogP contribution in [-0.2, 0) is 20.3 Å². The number of nitrogens with zero attached hydrogens (tertiary/aromatic N) is 2. The van der Waals surface area contributed by atoms with Gasteiger partial charge in [-0.05, 0) is 6.42 Å². The fourth-order valence-corrected chi connectivity index (χ4v) is 2.70. The maximum atomic E-state index is 11.7. The number of sulfone groups is 1. The van der Waals surface area contributed by atoms with Gasteiger partial charge in [-0.2, -0.15) is 0 Å². The highest BCUT2D eigenvalue weighted by Gasteiger charge is 2.18. The van der Waals surface area contributed by atoms with Gasteiger partial charge in [0.1, 0.15) is 11.9 Å². The van der Waals surface area contributed by atoms with Gasteiger partial charge in [0.05, 0.1) is 17.2 Å². The quantitative estimate of drug-likeness (QED) is 0.704. The Morgan fingerprint density at radius 3 is 2.83 bits per heavy atom. The Bertz CT molecular complexity index is 515. The Hall–Kier alpha value is -1.54. The van der Waals surface area contributed by atoms with Crippen molar-refractivity contribution in [2.45, 2.75) is 12.2 Å². The zero-order chi connectivity index (χ0) is 13.6. The van der Waals surface area contributed by atoms with E-state index in [9.17, 15) is 13.2 Å². The molecule has 0 aliphatic rings. The van der Waals surface area contributed by atoms with Gasteiger partial charge in [-0.15, -0.1) is 0 Å². The summed E-state index contributed by atoms with van der Waals surface area (Å²) in [5.74, 6) is -1.71. The molecule has 0 aromatic carbocycles. The minimum absolute atomic E-state index is 0.00918. The van der Waals surface area contributed by atoms with Crippen LogP contribution in [0.2, 0.25) is 0 Å². The number of hydrogen-bond acceptors (Lipinski definition) is 6. The molecule has 1 heterocycles. The lowest BCUT2D eigenvalue weighted by Gasteiger charge is -2.05. The molecule has 1 aromatic heterocycles. The third-order valence-electron chi connectivity index (χ3n) is 2.19. The third kappa shape index (κ3) is 4.38. The van der Waals surface area contributed by atoms with Gasteiger partial charge in [0.25, 0.3) is 0 Å². The van der Waals surface area contributed by atoms with Crippen molar-refractivity contribution >= 4 is 15.8 Å². The van der Waals surface area contributed by atoms with Crippen LogP contribution in [0.3, 0.4) is 0 Å². The summed E-state index contributed by atoms with van der Waals surface area (Å²) in [5, 5.41) is 8.88. The summed E-state index contributed by atoms with van der Waals surface area (Å²) in [6, 6.07) is 0. The number of carboxylic acids is 1. The van der Waals surface area contributed by atoms with Crippen molar-refractivity contribution in [1.29, 1.82) is 0 Å². The van der Waals surface area contributed by atoms with Crippen LogP contribution in [0.25, 0.3) is 0 Å². The highest BCUT2D eigenvalue weighted by Crippen LogP contribution is 2.10. The molecule has 1 N–H and O–H groups in total. The van der Waals surface area contributed by atoms with E-state index in [0.29, 0.717) is 13.0 Å². The van der Waals surface area contributed by atoms with Crippen molar-refractivity contribution in [3.05, 3.63) is 23.8 Å². The second kappa shape index (κ2) is 6.41. The van der Waals surface area contributed by atoms with E-state index in [1.54, 1.807) is 0 Å². The fourth-order valence-electron chi connectivity index (χ4n) is 1.35. The predicted octanol–water partition coefficient (Wildman–Crippen LogP) is 0.126. The smallest absolute Gasteiger partial charge is 0.339 e. The lowest BCUT2D eigenvalue weighted by Crippen LogP contribution is -2.15. The molecule has 0 radical (unpaired) electrons. The van der Waals surface area contributed by atoms with Crippen LogP contribution in [-0.4, -0.2) is 48.9 Å². The van der Waals surface area contributed by atoms with E-state index >= 15 is 0 Å². The topological polar surface area (TPSA) is 106 Å². The van der Waals surface area contributed by atoms with Crippen molar-refractivity contribution in [1.82, 2.24) is 9.97 Å². The average molecular weight is 274 g/mol. The highest BCUT2D eigenvalue weighted by atomic mass is 32.2. The van der Waals surface area contributed by atoms with E-state index in [1.165, 1.54) is 7.11 Å². The van der Waals surface area contributed by atoms with Crippen LogP contribution in [0.1, 0.15) is 22.5 Å². The van der Waals surface area contributed by atoms with Gasteiger partial charge < -0.3 is 9.84 Å². The van der Waals surface area contributed by atoms with E-state index in [4.69, 9.17) is 9.84 Å². The van der Waals surface area contributed by atoms with E-state index in [1.807, 2.05) is 0 Å². The molecule has 0 atom stereocenters. The molecule has 100 valence electrons. The second-order valence-corrected chi connectivity index (χ2v) is 5.81. The first-order valence-corrected chi connectivity index (χ1v) is 7.00. The molecular formula is C10H14N2O5S. The van der Waals surface area contributed by atoms with Crippen LogP contribution in [0.15, 0.2) is 12.5 Å². The first-order chi connectivity index (χ1) is 8.46. The monoisotopic (exact) mass is 274 g/mol. The highest BCUT2D eigenvalue weighted by molar-refractivity contribution is 7.90. The van der Waals surface area contributed by atoms with Gasteiger partial charge in [-0.1, -0.05) is 0 Å². The lowest BCUT2D eigenvalue weighted by molar-refractivity contribution is 0.0695. The molecule has 0 spiro atoms. The lowest BCUT2D eigenvalue weighted by atomic mass is 10.2. The summed E-state index contributed by atoms with van der Waals surface area (Å²) in [4.78, 5) is 18.1. The summed E-state index contributed by atoms with van der Waals surface area (Å²) >= 11 is 0. The van der Waals surface area contributed by atoms with Crippen molar-refractivity contribution in [2.75, 3.05) is 19.5 Å². The van der Waals surface area contributed by atoms with Crippen molar-refractivity contribution in [3.8, 4) is 0 Å². The van der Waals surface area contributed by atoms with Crippen LogP contribution in [0.4, 0.5) is 0 Å². The molecule has 0 saturated carbocycles. The number of aromatic carboxylic acids is 1. The summed E-state index contributed by atoms with van der Waals surface area (Å²) in [6.45, 7) is 0.342. The van der Waals surface area contributed by atoms with Gasteiger partial charge in [0.15, 0.2) is 9.84 Å². The van der Waals surface area contributed by atoms with Crippen molar-refractivity contribution < 1.29 is 23.1 Å². The van der Waals surface area contributed by atoms with Gasteiger partial charge in [0.2, 0.25) is 0 Å². The number of methoxy groups -OCH3 is 1. The molecule has 0 saturated heterocycles. The number of rotatable bonds is 7. The van der Waals surface area contributed by atoms with Crippen LogP contribution in [0, 0.1) is 0 Å². The molecule has 18 heavy (non-hydrogen) atoms. The van der Waals surface area contributed by atoms with Crippen LogP contribution >= 0.6 is 0 Å². The zero-order valence-corrected chi connectivity index (χ0v) is 10.7. The molecule has 0 bridgehead atoms. The zero-order valence-electron chi connectivity index (χ0n) is 9.87. The van der Waals surface area contributed by atoms with E-state index < -0.39 is 21.6 Å². The van der Waals surface area contributed by atoms with Crippen molar-refractivity contribution in [3.63, 3.8) is 0 Å². The molecule has 0 fully saturated rings. The van der Waals surface area contributed by atoms with Gasteiger partial charge in [-0.25, -0.2) is 23.2 Å². The number of aromatic nitrogens is 2. The second-order valence-electron chi connectivity index (χ2n) is 3.63. The van der Waals surface area contributed by atoms with Gasteiger partial charge in [0, 0.05) is 19.9 Å². The first kappa shape index (κ1) is 14.5. The molecule has 0 amide bonds. The Labute approximate surface area is 105 Å². The number of carbonyl (C=O) groups is 1. The summed E-state index contributed by atoms with van der Waals surface area (Å²) in [6.07, 6.45) is 2.59. The molecule has 0 unspecified atom stereocenters. The fraction of sp³-hybridized carbons (Fsp3) is 0.500. The third-order valence-corrected chi connectivity index (χ3v) is 3.81. The van der Waals surface area contributed by atoms with E-state index in [2.05, 4.69) is 9.97 Å². The Balaban J connectivity index is 2.81. The maximum absolute atomic E-state index is 11.7. The molecule has 0 aliphatic carbocycles. The van der Waals surface area contributed by atoms with Gasteiger partial charge >= 0.3 is 5.97 Å². The Morgan fingerprint density at radius 1 is 1.50 bits per heavy atom. The predicted molar refractivity (Wildman–Crippen MR) is 63.0 cm³/mol. The van der Waals surface area contributed by atoms with Crippen molar-refractivity contribution in [2.24, 2.45) is 0 Å².